The van der Waals surface area contributed by atoms with Gasteiger partial charge in [-0.25, -0.2) is 0 Å². The highest BCUT2D eigenvalue weighted by atomic mass is 35.5. The van der Waals surface area contributed by atoms with Crippen LogP contribution >= 0.6 is 35.6 Å². The zero-order chi connectivity index (χ0) is 14.8. The van der Waals surface area contributed by atoms with Gasteiger partial charge in [0, 0.05) is 24.7 Å². The van der Waals surface area contributed by atoms with Crippen LogP contribution in [0.15, 0.2) is 18.2 Å². The maximum Gasteiger partial charge on any atom is 0.261 e. The summed E-state index contributed by atoms with van der Waals surface area (Å²) in [5.74, 6) is 0.621. The molecule has 0 aliphatic carbocycles. The lowest BCUT2D eigenvalue weighted by Gasteiger charge is -2.27. The van der Waals surface area contributed by atoms with Crippen LogP contribution in [0.5, 0.6) is 5.75 Å². The molecule has 0 spiro atoms. The molecular formula is C15H19Cl3N2O2. The topological polar surface area (TPSA) is 41.6 Å². The molecule has 2 aliphatic heterocycles. The van der Waals surface area contributed by atoms with Gasteiger partial charge in [-0.15, -0.1) is 12.4 Å². The Morgan fingerprint density at radius 2 is 2.00 bits per heavy atom. The van der Waals surface area contributed by atoms with Gasteiger partial charge in [-0.3, -0.25) is 4.79 Å². The zero-order valence-electron chi connectivity index (χ0n) is 12.1. The van der Waals surface area contributed by atoms with Gasteiger partial charge in [0.1, 0.15) is 5.75 Å². The van der Waals surface area contributed by atoms with Crippen molar-refractivity contribution in [2.45, 2.75) is 31.3 Å². The number of carbonyl (C=O) groups is 1. The predicted octanol–water partition coefficient (Wildman–Crippen LogP) is 3.15. The number of ether oxygens (including phenoxy) is 1. The van der Waals surface area contributed by atoms with Crippen molar-refractivity contribution in [2.75, 3.05) is 19.7 Å². The molecule has 4 nitrogen and oxygen atoms in total. The van der Waals surface area contributed by atoms with Crippen molar-refractivity contribution in [2.24, 2.45) is 0 Å². The lowest BCUT2D eigenvalue weighted by molar-refractivity contribution is -0.136. The number of rotatable bonds is 3. The van der Waals surface area contributed by atoms with Crippen LogP contribution < -0.4 is 10.1 Å². The summed E-state index contributed by atoms with van der Waals surface area (Å²) >= 11 is 11.8. The van der Waals surface area contributed by atoms with E-state index in [9.17, 15) is 4.79 Å². The van der Waals surface area contributed by atoms with Crippen LogP contribution in [0, 0.1) is 0 Å². The second-order valence-electron chi connectivity index (χ2n) is 5.54. The Balaban J connectivity index is 0.00000176. The molecule has 0 aromatic heterocycles. The highest BCUT2D eigenvalue weighted by molar-refractivity contribution is 6.42. The summed E-state index contributed by atoms with van der Waals surface area (Å²) in [5, 5.41) is 4.29. The van der Waals surface area contributed by atoms with E-state index in [1.807, 2.05) is 4.90 Å². The fraction of sp³-hybridized carbons (Fsp3) is 0.533. The number of benzene rings is 1. The molecule has 2 saturated heterocycles. The quantitative estimate of drug-likeness (QED) is 0.894. The Morgan fingerprint density at radius 1 is 1.23 bits per heavy atom. The first kappa shape index (κ1) is 17.7. The van der Waals surface area contributed by atoms with Gasteiger partial charge in [-0.05, 0) is 37.9 Å². The molecule has 2 atom stereocenters. The molecule has 0 radical (unpaired) electrons. The summed E-state index contributed by atoms with van der Waals surface area (Å²) in [6.07, 6.45) is 3.20. The number of halogens is 3. The molecule has 122 valence electrons. The van der Waals surface area contributed by atoms with Crippen LogP contribution in [0.3, 0.4) is 0 Å². The van der Waals surface area contributed by atoms with Gasteiger partial charge in [0.2, 0.25) is 0 Å². The second kappa shape index (κ2) is 7.73. The summed E-state index contributed by atoms with van der Waals surface area (Å²) < 4.78 is 5.57. The van der Waals surface area contributed by atoms with Crippen molar-refractivity contribution in [3.63, 3.8) is 0 Å². The van der Waals surface area contributed by atoms with E-state index in [2.05, 4.69) is 5.32 Å². The summed E-state index contributed by atoms with van der Waals surface area (Å²) in [5.41, 5.74) is 0. The predicted molar refractivity (Wildman–Crippen MR) is 90.3 cm³/mol. The maximum absolute atomic E-state index is 12.5. The molecule has 1 amide bonds. The van der Waals surface area contributed by atoms with Crippen LogP contribution in [-0.2, 0) is 4.79 Å². The van der Waals surface area contributed by atoms with Gasteiger partial charge in [0.05, 0.1) is 10.0 Å². The van der Waals surface area contributed by atoms with Crippen LogP contribution in [0.25, 0.3) is 0 Å². The molecule has 2 unspecified atom stereocenters. The third-order valence-corrected chi connectivity index (χ3v) is 4.93. The summed E-state index contributed by atoms with van der Waals surface area (Å²) in [4.78, 5) is 14.5. The van der Waals surface area contributed by atoms with Crippen molar-refractivity contribution in [3.8, 4) is 5.75 Å². The molecule has 1 N–H and O–H groups in total. The van der Waals surface area contributed by atoms with E-state index in [1.165, 1.54) is 0 Å². The number of carbonyl (C=O) groups excluding carboxylic acids is 1. The smallest absolute Gasteiger partial charge is 0.261 e. The van der Waals surface area contributed by atoms with Gasteiger partial charge >= 0.3 is 0 Å². The van der Waals surface area contributed by atoms with E-state index >= 15 is 0 Å². The van der Waals surface area contributed by atoms with Crippen molar-refractivity contribution in [1.82, 2.24) is 10.2 Å². The minimum atomic E-state index is 0. The maximum atomic E-state index is 12.5. The molecule has 1 aromatic carbocycles. The van der Waals surface area contributed by atoms with E-state index in [-0.39, 0.29) is 24.9 Å². The molecule has 2 fully saturated rings. The molecule has 0 saturated carbocycles. The highest BCUT2D eigenvalue weighted by Gasteiger charge is 2.37. The van der Waals surface area contributed by atoms with Crippen molar-refractivity contribution in [3.05, 3.63) is 28.2 Å². The molecule has 2 bridgehead atoms. The Hall–Kier alpha value is -0.680. The van der Waals surface area contributed by atoms with Gasteiger partial charge < -0.3 is 15.0 Å². The SMILES string of the molecule is Cl.O=C(COc1ccc(Cl)c(Cl)c1)N1C2CCNCC1CC2. The van der Waals surface area contributed by atoms with Crippen molar-refractivity contribution in [1.29, 1.82) is 0 Å². The third-order valence-electron chi connectivity index (χ3n) is 4.20. The average Bonchev–Trinajstić information content (AvgIpc) is 2.73. The van der Waals surface area contributed by atoms with E-state index in [0.29, 0.717) is 27.9 Å². The summed E-state index contributed by atoms with van der Waals surface area (Å²) in [6.45, 7) is 1.92. The lowest BCUT2D eigenvalue weighted by Crippen LogP contribution is -2.44. The first-order valence-corrected chi connectivity index (χ1v) is 8.00. The number of amides is 1. The molecule has 2 heterocycles. The molecule has 1 aromatic rings. The Morgan fingerprint density at radius 3 is 2.77 bits per heavy atom. The number of hydrogen-bond donors (Lipinski definition) is 1. The molecule has 2 aliphatic rings. The molecule has 3 rings (SSSR count). The van der Waals surface area contributed by atoms with Gasteiger partial charge in [0.15, 0.2) is 6.61 Å². The molecular weight excluding hydrogens is 347 g/mol. The highest BCUT2D eigenvalue weighted by Crippen LogP contribution is 2.29. The summed E-state index contributed by atoms with van der Waals surface area (Å²) in [7, 11) is 0. The molecule has 7 heteroatoms. The van der Waals surface area contributed by atoms with Crippen LogP contribution in [0.2, 0.25) is 10.0 Å². The van der Waals surface area contributed by atoms with Crippen LogP contribution in [0.4, 0.5) is 0 Å². The second-order valence-corrected chi connectivity index (χ2v) is 6.36. The Labute approximate surface area is 146 Å². The monoisotopic (exact) mass is 364 g/mol. The molecule has 22 heavy (non-hydrogen) atoms. The van der Waals surface area contributed by atoms with Crippen LogP contribution in [-0.4, -0.2) is 42.6 Å². The summed E-state index contributed by atoms with van der Waals surface area (Å²) in [6, 6.07) is 5.69. The number of nitrogens with one attached hydrogen (secondary N) is 1. The minimum Gasteiger partial charge on any atom is -0.484 e. The van der Waals surface area contributed by atoms with Crippen molar-refractivity contribution >= 4 is 41.5 Å². The lowest BCUT2D eigenvalue weighted by atomic mass is 10.1. The van der Waals surface area contributed by atoms with Gasteiger partial charge in [-0.2, -0.15) is 0 Å². The van der Waals surface area contributed by atoms with E-state index in [0.717, 1.165) is 32.4 Å². The van der Waals surface area contributed by atoms with Gasteiger partial charge in [0.25, 0.3) is 5.91 Å². The number of fused-ring (bicyclic) bond motifs is 2. The third kappa shape index (κ3) is 3.80. The largest absolute Gasteiger partial charge is 0.484 e. The van der Waals surface area contributed by atoms with E-state index < -0.39 is 0 Å². The van der Waals surface area contributed by atoms with Crippen molar-refractivity contribution < 1.29 is 9.53 Å². The number of nitrogens with zero attached hydrogens (tertiary/aromatic N) is 1. The van der Waals surface area contributed by atoms with Crippen LogP contribution in [0.1, 0.15) is 19.3 Å². The standard InChI is InChI=1S/C15H18Cl2N2O2.ClH/c16-13-4-3-12(7-14(13)17)21-9-15(20)19-10-1-2-11(19)8-18-6-5-10;/h3-4,7,10-11,18H,1-2,5-6,8-9H2;1H. The fourth-order valence-electron chi connectivity index (χ4n) is 3.18. The Bertz CT molecular complexity index is 528. The first-order chi connectivity index (χ1) is 10.1. The van der Waals surface area contributed by atoms with E-state index in [1.54, 1.807) is 18.2 Å². The fourth-order valence-corrected chi connectivity index (χ4v) is 3.46. The number of hydrogen-bond acceptors (Lipinski definition) is 3. The average molecular weight is 366 g/mol. The van der Waals surface area contributed by atoms with E-state index in [4.69, 9.17) is 27.9 Å². The Kier molecular flexibility index (Phi) is 6.21. The van der Waals surface area contributed by atoms with Gasteiger partial charge in [-0.1, -0.05) is 23.2 Å². The zero-order valence-corrected chi connectivity index (χ0v) is 14.4. The minimum absolute atomic E-state index is 0. The normalized spacial score (nSPS) is 23.6. The first-order valence-electron chi connectivity index (χ1n) is 7.25.